The second-order valence-electron chi connectivity index (χ2n) is 11.3. The Kier molecular flexibility index (Phi) is 7.32. The maximum Gasteiger partial charge on any atom is 0.240 e. The third-order valence-corrected chi connectivity index (χ3v) is 8.24. The van der Waals surface area contributed by atoms with E-state index in [1.807, 2.05) is 91.0 Å². The fourth-order valence-electron chi connectivity index (χ4n) is 5.82. The zero-order valence-electron chi connectivity index (χ0n) is 24.2. The number of carbonyl (C=O) groups excluding carboxylic acids is 2. The van der Waals surface area contributed by atoms with Crippen LogP contribution >= 0.6 is 0 Å². The van der Waals surface area contributed by atoms with Gasteiger partial charge in [0.15, 0.2) is 16.9 Å². The summed E-state index contributed by atoms with van der Waals surface area (Å²) in [5.41, 5.74) is 9.49. The van der Waals surface area contributed by atoms with Crippen LogP contribution in [0.15, 0.2) is 111 Å². The van der Waals surface area contributed by atoms with Gasteiger partial charge < -0.3 is 8.83 Å². The Hall–Kier alpha value is -5.37. The topological polar surface area (TPSA) is 111 Å². The predicted molar refractivity (Wildman–Crippen MR) is 169 cm³/mol. The summed E-state index contributed by atoms with van der Waals surface area (Å²) >= 11 is 0. The molecule has 3 heterocycles. The number of nitrogens with one attached hydrogen (secondary N) is 1. The van der Waals surface area contributed by atoms with Crippen LogP contribution in [0.25, 0.3) is 45.1 Å². The van der Waals surface area contributed by atoms with Crippen molar-refractivity contribution in [2.45, 2.75) is 32.6 Å². The van der Waals surface area contributed by atoms with E-state index in [0.29, 0.717) is 47.8 Å². The highest BCUT2D eigenvalue weighted by Gasteiger charge is 2.30. The smallest absolute Gasteiger partial charge is 0.240 e. The molecule has 2 aromatic heterocycles. The molecule has 0 saturated heterocycles. The van der Waals surface area contributed by atoms with Crippen molar-refractivity contribution < 1.29 is 18.4 Å². The molecular weight excluding hydrogens is 552 g/mol. The average molecular weight is 583 g/mol. The van der Waals surface area contributed by atoms with Crippen LogP contribution < -0.4 is 5.43 Å². The van der Waals surface area contributed by atoms with Gasteiger partial charge in [-0.05, 0) is 73.4 Å². The molecule has 6 aromatic rings. The van der Waals surface area contributed by atoms with E-state index in [2.05, 4.69) is 27.4 Å². The number of aromatic nitrogens is 2. The summed E-state index contributed by atoms with van der Waals surface area (Å²) in [5.74, 6) is 1.08. The molecule has 0 spiro atoms. The summed E-state index contributed by atoms with van der Waals surface area (Å²) in [6.45, 7) is 2.12. The van der Waals surface area contributed by atoms with Gasteiger partial charge in [-0.3, -0.25) is 9.59 Å². The van der Waals surface area contributed by atoms with Crippen LogP contribution in [0.3, 0.4) is 0 Å². The quantitative estimate of drug-likeness (QED) is 0.174. The van der Waals surface area contributed by atoms with Crippen LogP contribution in [0.1, 0.15) is 48.5 Å². The number of amides is 1. The number of benzene rings is 4. The lowest BCUT2D eigenvalue weighted by molar-refractivity contribution is -0.122. The summed E-state index contributed by atoms with van der Waals surface area (Å²) in [6, 6.07) is 30.7. The van der Waals surface area contributed by atoms with Crippen molar-refractivity contribution >= 4 is 39.6 Å². The molecule has 1 aliphatic heterocycles. The van der Waals surface area contributed by atoms with Gasteiger partial charge in [0, 0.05) is 41.0 Å². The number of Topliss-reactive ketones (excluding diaryl/α,β-unsaturated/α-hetero) is 1. The number of fused-ring (bicyclic) bond motifs is 2. The van der Waals surface area contributed by atoms with Gasteiger partial charge in [0.25, 0.3) is 0 Å². The molecule has 0 radical (unpaired) electrons. The van der Waals surface area contributed by atoms with E-state index in [1.54, 1.807) is 6.07 Å². The van der Waals surface area contributed by atoms with E-state index in [9.17, 15) is 9.59 Å². The Morgan fingerprint density at radius 3 is 2.09 bits per heavy atom. The molecule has 7 rings (SSSR count). The van der Waals surface area contributed by atoms with Crippen molar-refractivity contribution in [2.75, 3.05) is 0 Å². The first kappa shape index (κ1) is 27.5. The molecule has 4 aromatic carbocycles. The number of nitrogens with zero attached hydrogens (tertiary/aromatic N) is 3. The highest BCUT2D eigenvalue weighted by atomic mass is 16.4. The number of oxazole rings is 2. The van der Waals surface area contributed by atoms with Gasteiger partial charge in [0.05, 0.1) is 5.71 Å². The fourth-order valence-corrected chi connectivity index (χ4v) is 5.82. The molecule has 8 heteroatoms. The van der Waals surface area contributed by atoms with Crippen molar-refractivity contribution in [2.24, 2.45) is 16.9 Å². The standard InChI is InChI=1S/C36H30N4O4/c1-22(9-8-14-30(41)25-15-17-28-31(19-25)43-35(37-28)23-10-4-2-5-11-23)27-21-33(42)39-40-34(27)26-16-18-29-32(20-26)44-36(38-29)24-12-6-3-7-13-24/h2-7,10-13,15-20,22,27H,8-9,14,21H2,1H3,(H,39,42). The molecule has 0 saturated carbocycles. The van der Waals surface area contributed by atoms with Crippen LogP contribution in [0.2, 0.25) is 0 Å². The lowest BCUT2D eigenvalue weighted by Gasteiger charge is -2.28. The SMILES string of the molecule is CC(CCCC(=O)c1ccc2nc(-c3ccccc3)oc2c1)C1CC(=O)NN=C1c1ccc2nc(-c3ccccc3)oc2c1. The number of hydrogen-bond donors (Lipinski definition) is 1. The second kappa shape index (κ2) is 11.7. The van der Waals surface area contributed by atoms with E-state index in [1.165, 1.54) is 0 Å². The van der Waals surface area contributed by atoms with E-state index in [-0.39, 0.29) is 23.5 Å². The molecule has 0 bridgehead atoms. The summed E-state index contributed by atoms with van der Waals surface area (Å²) in [6.07, 6.45) is 2.20. The van der Waals surface area contributed by atoms with E-state index in [0.717, 1.165) is 39.9 Å². The highest BCUT2D eigenvalue weighted by Crippen LogP contribution is 2.31. The Morgan fingerprint density at radius 2 is 1.43 bits per heavy atom. The second-order valence-corrected chi connectivity index (χ2v) is 11.3. The summed E-state index contributed by atoms with van der Waals surface area (Å²) in [7, 11) is 0. The van der Waals surface area contributed by atoms with Gasteiger partial charge in [-0.25, -0.2) is 15.4 Å². The molecule has 2 atom stereocenters. The minimum atomic E-state index is -0.107. The summed E-state index contributed by atoms with van der Waals surface area (Å²) in [4.78, 5) is 34.7. The minimum absolute atomic E-state index is 0.0528. The molecule has 8 nitrogen and oxygen atoms in total. The maximum atomic E-state index is 13.1. The van der Waals surface area contributed by atoms with E-state index >= 15 is 0 Å². The zero-order chi connectivity index (χ0) is 30.0. The minimum Gasteiger partial charge on any atom is -0.436 e. The Bertz CT molecular complexity index is 2010. The monoisotopic (exact) mass is 582 g/mol. The Balaban J connectivity index is 1.03. The van der Waals surface area contributed by atoms with Crippen molar-refractivity contribution in [3.63, 3.8) is 0 Å². The van der Waals surface area contributed by atoms with E-state index < -0.39 is 0 Å². The van der Waals surface area contributed by atoms with Gasteiger partial charge in [-0.2, -0.15) is 5.10 Å². The van der Waals surface area contributed by atoms with Crippen molar-refractivity contribution in [3.05, 3.63) is 108 Å². The number of rotatable bonds is 9. The van der Waals surface area contributed by atoms with E-state index in [4.69, 9.17) is 8.83 Å². The molecule has 218 valence electrons. The molecule has 44 heavy (non-hydrogen) atoms. The van der Waals surface area contributed by atoms with Crippen LogP contribution in [0.4, 0.5) is 0 Å². The first-order chi connectivity index (χ1) is 21.5. The number of hydrogen-bond acceptors (Lipinski definition) is 7. The van der Waals surface area contributed by atoms with Crippen LogP contribution in [-0.4, -0.2) is 27.4 Å². The van der Waals surface area contributed by atoms with Gasteiger partial charge in [0.2, 0.25) is 17.7 Å². The molecule has 2 unspecified atom stereocenters. The molecule has 0 fully saturated rings. The van der Waals surface area contributed by atoms with Gasteiger partial charge in [-0.1, -0.05) is 49.4 Å². The van der Waals surface area contributed by atoms with Crippen molar-refractivity contribution in [1.29, 1.82) is 0 Å². The number of carbonyl (C=O) groups is 2. The third kappa shape index (κ3) is 5.54. The van der Waals surface area contributed by atoms with Gasteiger partial charge in [0.1, 0.15) is 11.0 Å². The largest absolute Gasteiger partial charge is 0.436 e. The zero-order valence-corrected chi connectivity index (χ0v) is 24.2. The molecular formula is C36H30N4O4. The van der Waals surface area contributed by atoms with Crippen molar-refractivity contribution in [3.8, 4) is 22.9 Å². The Morgan fingerprint density at radius 1 is 0.818 bits per heavy atom. The van der Waals surface area contributed by atoms with Crippen molar-refractivity contribution in [1.82, 2.24) is 15.4 Å². The Labute approximate surface area is 253 Å². The predicted octanol–water partition coefficient (Wildman–Crippen LogP) is 7.83. The first-order valence-electron chi connectivity index (χ1n) is 14.8. The molecule has 1 amide bonds. The fraction of sp³-hybridized carbons (Fsp3) is 0.194. The third-order valence-electron chi connectivity index (χ3n) is 8.24. The number of hydrazone groups is 1. The van der Waals surface area contributed by atoms with Crippen LogP contribution in [-0.2, 0) is 4.79 Å². The molecule has 1 aliphatic rings. The summed E-state index contributed by atoms with van der Waals surface area (Å²) in [5, 5.41) is 4.47. The average Bonchev–Trinajstić information content (AvgIpc) is 3.69. The lowest BCUT2D eigenvalue weighted by Crippen LogP contribution is -2.36. The molecule has 0 aliphatic carbocycles. The van der Waals surface area contributed by atoms with Crippen LogP contribution in [0, 0.1) is 11.8 Å². The van der Waals surface area contributed by atoms with Crippen LogP contribution in [0.5, 0.6) is 0 Å². The van der Waals surface area contributed by atoms with Gasteiger partial charge in [-0.15, -0.1) is 0 Å². The number of ketones is 1. The normalized spacial score (nSPS) is 15.7. The highest BCUT2D eigenvalue weighted by molar-refractivity contribution is 6.07. The van der Waals surface area contributed by atoms with Gasteiger partial charge >= 0.3 is 0 Å². The maximum absolute atomic E-state index is 13.1. The summed E-state index contributed by atoms with van der Waals surface area (Å²) < 4.78 is 12.0. The first-order valence-corrected chi connectivity index (χ1v) is 14.8. The molecule has 1 N–H and O–H groups in total. The lowest BCUT2D eigenvalue weighted by atomic mass is 9.80.